The summed E-state index contributed by atoms with van der Waals surface area (Å²) < 4.78 is 0. The Labute approximate surface area is 164 Å². The number of nitrogens with two attached hydrogens (primary N) is 1. The molecule has 0 spiro atoms. The summed E-state index contributed by atoms with van der Waals surface area (Å²) in [5, 5.41) is 7.62. The molecule has 1 aliphatic heterocycles. The summed E-state index contributed by atoms with van der Waals surface area (Å²) in [6.07, 6.45) is 9.28. The van der Waals surface area contributed by atoms with Crippen LogP contribution in [0.1, 0.15) is 31.4 Å². The van der Waals surface area contributed by atoms with Crippen LogP contribution in [0.5, 0.6) is 0 Å². The van der Waals surface area contributed by atoms with Gasteiger partial charge in [0.25, 0.3) is 0 Å². The van der Waals surface area contributed by atoms with E-state index in [4.69, 9.17) is 15.7 Å². The molecule has 1 fully saturated rings. The molecule has 0 unspecified atom stereocenters. The number of aromatic nitrogens is 5. The highest BCUT2D eigenvalue weighted by atomic mass is 15.3. The zero-order chi connectivity index (χ0) is 19.1. The van der Waals surface area contributed by atoms with E-state index in [9.17, 15) is 0 Å². The summed E-state index contributed by atoms with van der Waals surface area (Å²) in [7, 11) is 2.06. The zero-order valence-corrected chi connectivity index (χ0v) is 16.2. The van der Waals surface area contributed by atoms with Crippen molar-refractivity contribution in [3.05, 3.63) is 30.2 Å². The normalized spacial score (nSPS) is 21.9. The van der Waals surface area contributed by atoms with Crippen molar-refractivity contribution in [1.29, 1.82) is 0 Å². The number of rotatable bonds is 4. The maximum absolute atomic E-state index is 6.23. The van der Waals surface area contributed by atoms with Crippen molar-refractivity contribution in [3.63, 3.8) is 0 Å². The fourth-order valence-corrected chi connectivity index (χ4v) is 4.50. The van der Waals surface area contributed by atoms with Gasteiger partial charge in [0.2, 0.25) is 0 Å². The van der Waals surface area contributed by atoms with Gasteiger partial charge >= 0.3 is 0 Å². The molecule has 2 atom stereocenters. The predicted molar refractivity (Wildman–Crippen MR) is 110 cm³/mol. The first-order valence-electron chi connectivity index (χ1n) is 10.1. The Morgan fingerprint density at radius 2 is 2.21 bits per heavy atom. The fraction of sp³-hybridized carbons (Fsp3) is 0.500. The standard InChI is InChI=1S/C20H26N8/c1-27(12-13-5-2-6-14(13)21)17-11-23-18-19(24-17)25-26-20(18)28-10-4-7-15-16(28)8-3-9-22-15/h3,8-9,11,13-14H,2,4-7,10,12,21H2,1H3,(H,24,25,26)/t13-,14+/m1/s1. The van der Waals surface area contributed by atoms with Crippen molar-refractivity contribution in [2.45, 2.75) is 38.1 Å². The van der Waals surface area contributed by atoms with E-state index in [0.29, 0.717) is 17.6 Å². The summed E-state index contributed by atoms with van der Waals surface area (Å²) in [5.74, 6) is 2.20. The van der Waals surface area contributed by atoms with E-state index in [1.54, 1.807) is 0 Å². The molecule has 0 bridgehead atoms. The van der Waals surface area contributed by atoms with Gasteiger partial charge in [-0.3, -0.25) is 10.1 Å². The number of nitrogens with one attached hydrogen (secondary N) is 1. The van der Waals surface area contributed by atoms with Crippen LogP contribution in [0, 0.1) is 5.92 Å². The van der Waals surface area contributed by atoms with Crippen molar-refractivity contribution in [1.82, 2.24) is 25.1 Å². The van der Waals surface area contributed by atoms with Crippen LogP contribution in [-0.2, 0) is 6.42 Å². The number of hydrogen-bond donors (Lipinski definition) is 2. The van der Waals surface area contributed by atoms with E-state index >= 15 is 0 Å². The van der Waals surface area contributed by atoms with Crippen LogP contribution in [-0.4, -0.2) is 51.3 Å². The van der Waals surface area contributed by atoms with E-state index in [0.717, 1.165) is 60.9 Å². The summed E-state index contributed by atoms with van der Waals surface area (Å²) >= 11 is 0. The zero-order valence-electron chi connectivity index (χ0n) is 16.2. The minimum Gasteiger partial charge on any atom is -0.358 e. The van der Waals surface area contributed by atoms with Crippen molar-refractivity contribution in [3.8, 4) is 0 Å². The quantitative estimate of drug-likeness (QED) is 0.719. The van der Waals surface area contributed by atoms with Crippen molar-refractivity contribution in [2.75, 3.05) is 29.9 Å². The highest BCUT2D eigenvalue weighted by Gasteiger charge is 2.26. The van der Waals surface area contributed by atoms with Crippen LogP contribution in [0.2, 0.25) is 0 Å². The van der Waals surface area contributed by atoms with E-state index < -0.39 is 0 Å². The van der Waals surface area contributed by atoms with Gasteiger partial charge < -0.3 is 15.5 Å². The van der Waals surface area contributed by atoms with Gasteiger partial charge in [0.15, 0.2) is 17.0 Å². The molecule has 8 heteroatoms. The molecule has 0 amide bonds. The number of aryl methyl sites for hydroxylation is 1. The molecule has 1 saturated carbocycles. The first-order valence-corrected chi connectivity index (χ1v) is 10.1. The van der Waals surface area contributed by atoms with Crippen LogP contribution in [0.15, 0.2) is 24.5 Å². The summed E-state index contributed by atoms with van der Waals surface area (Å²) in [6.45, 7) is 1.81. The molecule has 5 rings (SSSR count). The van der Waals surface area contributed by atoms with Crippen molar-refractivity contribution in [2.24, 2.45) is 11.7 Å². The Morgan fingerprint density at radius 3 is 3.07 bits per heavy atom. The minimum absolute atomic E-state index is 0.297. The summed E-state index contributed by atoms with van der Waals surface area (Å²) in [5.41, 5.74) is 9.97. The number of anilines is 3. The molecule has 0 radical (unpaired) electrons. The maximum Gasteiger partial charge on any atom is 0.183 e. The number of nitrogens with zero attached hydrogens (tertiary/aromatic N) is 6. The third kappa shape index (κ3) is 2.97. The van der Waals surface area contributed by atoms with Gasteiger partial charge in [-0.1, -0.05) is 6.42 Å². The monoisotopic (exact) mass is 378 g/mol. The molecule has 0 saturated heterocycles. The van der Waals surface area contributed by atoms with Crippen molar-refractivity contribution < 1.29 is 0 Å². The first-order chi connectivity index (χ1) is 13.7. The Balaban J connectivity index is 1.43. The third-order valence-electron chi connectivity index (χ3n) is 6.06. The largest absolute Gasteiger partial charge is 0.358 e. The third-order valence-corrected chi connectivity index (χ3v) is 6.06. The van der Waals surface area contributed by atoms with Gasteiger partial charge in [-0.2, -0.15) is 5.10 Å². The molecule has 3 aromatic rings. The maximum atomic E-state index is 6.23. The smallest absolute Gasteiger partial charge is 0.183 e. The summed E-state index contributed by atoms with van der Waals surface area (Å²) in [4.78, 5) is 18.4. The molecular weight excluding hydrogens is 352 g/mol. The lowest BCUT2D eigenvalue weighted by Crippen LogP contribution is -2.34. The number of aromatic amines is 1. The van der Waals surface area contributed by atoms with Crippen LogP contribution >= 0.6 is 0 Å². The molecule has 4 heterocycles. The molecule has 28 heavy (non-hydrogen) atoms. The first kappa shape index (κ1) is 17.4. The molecule has 2 aliphatic rings. The van der Waals surface area contributed by atoms with Crippen LogP contribution in [0.25, 0.3) is 11.2 Å². The molecule has 146 valence electrons. The average molecular weight is 378 g/mol. The minimum atomic E-state index is 0.297. The molecular formula is C20H26N8. The van der Waals surface area contributed by atoms with Crippen LogP contribution in [0.4, 0.5) is 17.3 Å². The molecule has 1 aliphatic carbocycles. The highest BCUT2D eigenvalue weighted by Crippen LogP contribution is 2.34. The van der Waals surface area contributed by atoms with Crippen LogP contribution < -0.4 is 15.5 Å². The Morgan fingerprint density at radius 1 is 1.29 bits per heavy atom. The lowest BCUT2D eigenvalue weighted by molar-refractivity contribution is 0.481. The number of fused-ring (bicyclic) bond motifs is 2. The Bertz CT molecular complexity index is 983. The number of H-pyrrole nitrogens is 1. The second-order valence-electron chi connectivity index (χ2n) is 7.93. The SMILES string of the molecule is CN(C[C@H]1CCC[C@@H]1N)c1cnc2c(N3CCCc4ncccc43)n[nH]c2n1. The fourth-order valence-electron chi connectivity index (χ4n) is 4.50. The number of pyridine rings is 1. The van der Waals surface area contributed by atoms with Gasteiger partial charge in [-0.25, -0.2) is 9.97 Å². The van der Waals surface area contributed by atoms with Gasteiger partial charge in [0, 0.05) is 32.4 Å². The lowest BCUT2D eigenvalue weighted by Gasteiger charge is -2.28. The van der Waals surface area contributed by atoms with Gasteiger partial charge in [0.1, 0.15) is 5.82 Å². The van der Waals surface area contributed by atoms with Gasteiger partial charge in [0.05, 0.1) is 17.6 Å². The lowest BCUT2D eigenvalue weighted by atomic mass is 10.0. The van der Waals surface area contributed by atoms with Gasteiger partial charge in [-0.05, 0) is 43.7 Å². The summed E-state index contributed by atoms with van der Waals surface area (Å²) in [6, 6.07) is 4.37. The van der Waals surface area contributed by atoms with E-state index in [1.165, 1.54) is 12.8 Å². The molecule has 3 N–H and O–H groups in total. The molecule has 8 nitrogen and oxygen atoms in total. The average Bonchev–Trinajstić information content (AvgIpc) is 3.33. The van der Waals surface area contributed by atoms with E-state index in [1.807, 2.05) is 18.5 Å². The van der Waals surface area contributed by atoms with Crippen LogP contribution in [0.3, 0.4) is 0 Å². The Kier molecular flexibility index (Phi) is 4.35. The topological polar surface area (TPSA) is 99.9 Å². The molecule has 0 aromatic carbocycles. The predicted octanol–water partition coefficient (Wildman–Crippen LogP) is 2.40. The number of hydrogen-bond acceptors (Lipinski definition) is 7. The van der Waals surface area contributed by atoms with E-state index in [2.05, 4.69) is 38.1 Å². The van der Waals surface area contributed by atoms with E-state index in [-0.39, 0.29) is 0 Å². The highest BCUT2D eigenvalue weighted by molar-refractivity contribution is 5.87. The second kappa shape index (κ2) is 7.01. The Hall–Kier alpha value is -2.74. The van der Waals surface area contributed by atoms with Gasteiger partial charge in [-0.15, -0.1) is 0 Å². The molecule has 3 aromatic heterocycles. The van der Waals surface area contributed by atoms with Crippen molar-refractivity contribution >= 4 is 28.5 Å². The second-order valence-corrected chi connectivity index (χ2v) is 7.93.